The fourth-order valence-electron chi connectivity index (χ4n) is 4.95. The monoisotopic (exact) mass is 441 g/mol. The summed E-state index contributed by atoms with van der Waals surface area (Å²) >= 11 is 0. The van der Waals surface area contributed by atoms with Crippen LogP contribution in [0.25, 0.3) is 0 Å². The Labute approximate surface area is 195 Å². The maximum absolute atomic E-state index is 12.8. The Balaban J connectivity index is 1.29. The number of rotatable bonds is 6. The summed E-state index contributed by atoms with van der Waals surface area (Å²) in [6.45, 7) is 5.74. The minimum Gasteiger partial charge on any atom is -0.303 e. The summed E-state index contributed by atoms with van der Waals surface area (Å²) in [6, 6.07) is 16.5. The van der Waals surface area contributed by atoms with E-state index in [1.54, 1.807) is 6.20 Å². The highest BCUT2D eigenvalue weighted by Crippen LogP contribution is 2.33. The van der Waals surface area contributed by atoms with Crippen LogP contribution < -0.4 is 4.90 Å². The average molecular weight is 442 g/mol. The number of hydrogen-bond donors (Lipinski definition) is 0. The Hall–Kier alpha value is -3.12. The molecule has 0 spiro atoms. The van der Waals surface area contributed by atoms with Crippen molar-refractivity contribution in [2.24, 2.45) is 0 Å². The number of likely N-dealkylation sites (tertiary alicyclic amines) is 1. The molecule has 0 aliphatic carbocycles. The second kappa shape index (κ2) is 9.79. The zero-order chi connectivity index (χ0) is 22.6. The van der Waals surface area contributed by atoms with E-state index in [9.17, 15) is 4.79 Å². The number of fused-ring (bicyclic) bond motifs is 1. The van der Waals surface area contributed by atoms with Gasteiger partial charge in [-0.25, -0.2) is 9.97 Å². The summed E-state index contributed by atoms with van der Waals surface area (Å²) in [6.07, 6.45) is 6.19. The van der Waals surface area contributed by atoms with Crippen LogP contribution in [-0.2, 0) is 24.2 Å². The number of pyridine rings is 1. The summed E-state index contributed by atoms with van der Waals surface area (Å²) in [4.78, 5) is 31.5. The van der Waals surface area contributed by atoms with Crippen molar-refractivity contribution in [3.8, 4) is 0 Å². The Kier molecular flexibility index (Phi) is 6.44. The van der Waals surface area contributed by atoms with E-state index in [0.29, 0.717) is 18.9 Å². The van der Waals surface area contributed by atoms with Crippen molar-refractivity contribution in [2.45, 2.75) is 51.5 Å². The Morgan fingerprint density at radius 3 is 2.52 bits per heavy atom. The van der Waals surface area contributed by atoms with Gasteiger partial charge in [-0.2, -0.15) is 0 Å². The second-order valence-corrected chi connectivity index (χ2v) is 9.12. The molecule has 2 aliphatic heterocycles. The highest BCUT2D eigenvalue weighted by Gasteiger charge is 2.30. The van der Waals surface area contributed by atoms with E-state index >= 15 is 0 Å². The molecule has 2 aliphatic rings. The Bertz CT molecular complexity index is 1090. The molecule has 0 unspecified atom stereocenters. The van der Waals surface area contributed by atoms with Crippen LogP contribution in [0.5, 0.6) is 0 Å². The molecule has 33 heavy (non-hydrogen) atoms. The number of amides is 1. The van der Waals surface area contributed by atoms with Crippen molar-refractivity contribution >= 4 is 11.7 Å². The van der Waals surface area contributed by atoms with Crippen LogP contribution >= 0.6 is 0 Å². The van der Waals surface area contributed by atoms with Gasteiger partial charge in [-0.1, -0.05) is 36.4 Å². The van der Waals surface area contributed by atoms with Crippen molar-refractivity contribution in [1.82, 2.24) is 19.9 Å². The lowest BCUT2D eigenvalue weighted by molar-refractivity contribution is -0.119. The lowest BCUT2D eigenvalue weighted by atomic mass is 9.94. The van der Waals surface area contributed by atoms with Crippen molar-refractivity contribution in [1.29, 1.82) is 0 Å². The molecular weight excluding hydrogens is 410 g/mol. The molecule has 5 rings (SSSR count). The molecule has 0 radical (unpaired) electrons. The molecule has 1 amide bonds. The van der Waals surface area contributed by atoms with Crippen molar-refractivity contribution in [3.63, 3.8) is 0 Å². The number of benzene rings is 1. The quantitative estimate of drug-likeness (QED) is 0.577. The van der Waals surface area contributed by atoms with Gasteiger partial charge in [-0.05, 0) is 63.4 Å². The van der Waals surface area contributed by atoms with Crippen LogP contribution in [-0.4, -0.2) is 45.4 Å². The molecule has 0 bridgehead atoms. The number of carbonyl (C=O) groups is 1. The molecule has 1 saturated heterocycles. The first-order valence-corrected chi connectivity index (χ1v) is 12.0. The lowest BCUT2D eigenvalue weighted by Crippen LogP contribution is -2.37. The van der Waals surface area contributed by atoms with E-state index < -0.39 is 0 Å². The van der Waals surface area contributed by atoms with Gasteiger partial charge in [-0.3, -0.25) is 14.7 Å². The summed E-state index contributed by atoms with van der Waals surface area (Å²) < 4.78 is 0. The van der Waals surface area contributed by atoms with Crippen LogP contribution in [0.1, 0.15) is 53.5 Å². The van der Waals surface area contributed by atoms with Gasteiger partial charge in [-0.15, -0.1) is 0 Å². The lowest BCUT2D eigenvalue weighted by Gasteiger charge is -2.33. The molecule has 170 valence electrons. The van der Waals surface area contributed by atoms with Gasteiger partial charge < -0.3 is 4.90 Å². The molecule has 1 fully saturated rings. The van der Waals surface area contributed by atoms with Gasteiger partial charge in [0.1, 0.15) is 11.6 Å². The third-order valence-electron chi connectivity index (χ3n) is 6.91. The van der Waals surface area contributed by atoms with E-state index in [2.05, 4.69) is 47.1 Å². The first-order valence-electron chi connectivity index (χ1n) is 12.0. The average Bonchev–Trinajstić information content (AvgIpc) is 2.86. The highest BCUT2D eigenvalue weighted by molar-refractivity contribution is 5.95. The third-order valence-corrected chi connectivity index (χ3v) is 6.91. The predicted molar refractivity (Wildman–Crippen MR) is 129 cm³/mol. The topological polar surface area (TPSA) is 62.2 Å². The summed E-state index contributed by atoms with van der Waals surface area (Å²) in [5.41, 5.74) is 4.39. The number of piperidine rings is 1. The molecule has 6 heteroatoms. The van der Waals surface area contributed by atoms with Crippen LogP contribution in [0, 0.1) is 6.92 Å². The minimum absolute atomic E-state index is 0.118. The molecule has 0 N–H and O–H groups in total. The fraction of sp³-hybridized carbons (Fsp3) is 0.407. The van der Waals surface area contributed by atoms with Crippen molar-refractivity contribution < 1.29 is 4.79 Å². The van der Waals surface area contributed by atoms with Crippen molar-refractivity contribution in [2.75, 3.05) is 24.5 Å². The highest BCUT2D eigenvalue weighted by atomic mass is 16.2. The predicted octanol–water partition coefficient (Wildman–Crippen LogP) is 4.08. The van der Waals surface area contributed by atoms with Crippen molar-refractivity contribution in [3.05, 3.63) is 83.1 Å². The van der Waals surface area contributed by atoms with E-state index in [0.717, 1.165) is 73.9 Å². The molecule has 0 atom stereocenters. The van der Waals surface area contributed by atoms with Crippen LogP contribution in [0.15, 0.2) is 54.7 Å². The smallest absolute Gasteiger partial charge is 0.228 e. The van der Waals surface area contributed by atoms with Gasteiger partial charge in [0.05, 0.1) is 12.2 Å². The minimum atomic E-state index is 0.118. The SMILES string of the molecule is Cc1nc(C2CCN(CCc3ccccc3)CC2)nc2c1CCC(=O)N2Cc1ccccn1. The molecule has 6 nitrogen and oxygen atoms in total. The van der Waals surface area contributed by atoms with Crippen LogP contribution in [0.2, 0.25) is 0 Å². The molecular formula is C27H31N5O. The number of carbonyl (C=O) groups excluding carboxylic acids is 1. The standard InChI is InChI=1S/C27H31N5O/c1-20-24-10-11-25(33)32(19-23-9-5-6-15-28-23)27(24)30-26(29-20)22-13-17-31(18-14-22)16-12-21-7-3-2-4-8-21/h2-9,15,22H,10-14,16-19H2,1H3. The number of aryl methyl sites for hydroxylation is 1. The molecule has 2 aromatic heterocycles. The molecule has 4 heterocycles. The van der Waals surface area contributed by atoms with Gasteiger partial charge >= 0.3 is 0 Å². The van der Waals surface area contributed by atoms with Crippen LogP contribution in [0.4, 0.5) is 5.82 Å². The van der Waals surface area contributed by atoms with Gasteiger partial charge in [0.25, 0.3) is 0 Å². The largest absolute Gasteiger partial charge is 0.303 e. The maximum Gasteiger partial charge on any atom is 0.228 e. The van der Waals surface area contributed by atoms with E-state index in [-0.39, 0.29) is 5.91 Å². The number of hydrogen-bond acceptors (Lipinski definition) is 5. The number of nitrogens with zero attached hydrogens (tertiary/aromatic N) is 5. The number of aromatic nitrogens is 3. The summed E-state index contributed by atoms with van der Waals surface area (Å²) in [7, 11) is 0. The van der Waals surface area contributed by atoms with Gasteiger partial charge in [0, 0.05) is 36.3 Å². The first-order chi connectivity index (χ1) is 16.2. The molecule has 1 aromatic carbocycles. The first kappa shape index (κ1) is 21.7. The van der Waals surface area contributed by atoms with E-state index in [4.69, 9.17) is 9.97 Å². The zero-order valence-electron chi connectivity index (χ0n) is 19.3. The summed E-state index contributed by atoms with van der Waals surface area (Å²) in [5.74, 6) is 2.16. The Morgan fingerprint density at radius 1 is 0.970 bits per heavy atom. The van der Waals surface area contributed by atoms with Crippen LogP contribution in [0.3, 0.4) is 0 Å². The molecule has 0 saturated carbocycles. The van der Waals surface area contributed by atoms with Gasteiger partial charge in [0.15, 0.2) is 0 Å². The second-order valence-electron chi connectivity index (χ2n) is 9.12. The maximum atomic E-state index is 12.8. The molecule has 3 aromatic rings. The third kappa shape index (κ3) is 4.96. The Morgan fingerprint density at radius 2 is 1.76 bits per heavy atom. The normalized spacial score (nSPS) is 17.2. The summed E-state index contributed by atoms with van der Waals surface area (Å²) in [5, 5.41) is 0. The van der Waals surface area contributed by atoms with E-state index in [1.165, 1.54) is 5.56 Å². The van der Waals surface area contributed by atoms with Gasteiger partial charge in [0.2, 0.25) is 5.91 Å². The fourth-order valence-corrected chi connectivity index (χ4v) is 4.95. The zero-order valence-corrected chi connectivity index (χ0v) is 19.3. The number of anilines is 1. The van der Waals surface area contributed by atoms with E-state index in [1.807, 2.05) is 23.1 Å².